The molecule has 0 bridgehead atoms. The number of H-pyrrole nitrogens is 1. The molecule has 2 heterocycles. The van der Waals surface area contributed by atoms with Crippen LogP contribution in [0.25, 0.3) is 11.3 Å². The number of rotatable bonds is 1. The smallest absolute Gasteiger partial charge is 0.396 e. The molecular weight excluding hydrogens is 221 g/mol. The Labute approximate surface area is 88.3 Å². The third-order valence-corrected chi connectivity index (χ3v) is 2.06. The fourth-order valence-corrected chi connectivity index (χ4v) is 1.35. The fourth-order valence-electron chi connectivity index (χ4n) is 1.35. The summed E-state index contributed by atoms with van der Waals surface area (Å²) in [4.78, 5) is 3.46. The van der Waals surface area contributed by atoms with Crippen LogP contribution < -0.4 is 5.73 Å². The molecule has 0 saturated carbocycles. The van der Waals surface area contributed by atoms with Crippen molar-refractivity contribution < 1.29 is 13.2 Å². The summed E-state index contributed by atoms with van der Waals surface area (Å²) in [5.74, 6) is 0. The first-order chi connectivity index (χ1) is 7.50. The van der Waals surface area contributed by atoms with Crippen molar-refractivity contribution in [2.45, 2.75) is 6.18 Å². The largest absolute Gasteiger partial charge is 0.418 e. The zero-order chi connectivity index (χ0) is 11.8. The first kappa shape index (κ1) is 10.5. The predicted octanol–water partition coefficient (Wildman–Crippen LogP) is 2.07. The van der Waals surface area contributed by atoms with E-state index in [1.165, 1.54) is 18.5 Å². The van der Waals surface area contributed by atoms with Crippen LogP contribution in [0.4, 0.5) is 18.9 Å². The molecule has 0 fully saturated rings. The molecule has 0 aromatic carbocycles. The number of nitrogens with two attached hydrogens (primary N) is 1. The van der Waals surface area contributed by atoms with E-state index in [2.05, 4.69) is 15.2 Å². The van der Waals surface area contributed by atoms with Crippen LogP contribution in [-0.4, -0.2) is 15.2 Å². The zero-order valence-electron chi connectivity index (χ0n) is 7.92. The maximum absolute atomic E-state index is 12.7. The van der Waals surface area contributed by atoms with Gasteiger partial charge < -0.3 is 5.73 Å². The fraction of sp³-hybridized carbons (Fsp3) is 0.111. The van der Waals surface area contributed by atoms with Gasteiger partial charge in [-0.25, -0.2) is 0 Å². The van der Waals surface area contributed by atoms with Gasteiger partial charge in [0.05, 0.1) is 23.1 Å². The Morgan fingerprint density at radius 1 is 1.25 bits per heavy atom. The van der Waals surface area contributed by atoms with E-state index < -0.39 is 11.7 Å². The summed E-state index contributed by atoms with van der Waals surface area (Å²) >= 11 is 0. The van der Waals surface area contributed by atoms with Gasteiger partial charge in [0.2, 0.25) is 0 Å². The number of nitrogens with zero attached hydrogens (tertiary/aromatic N) is 2. The number of alkyl halides is 3. The number of halogens is 3. The number of pyridine rings is 1. The topological polar surface area (TPSA) is 67.6 Å². The molecule has 0 unspecified atom stereocenters. The molecule has 0 saturated heterocycles. The Bertz CT molecular complexity index is 503. The van der Waals surface area contributed by atoms with Gasteiger partial charge in [0.25, 0.3) is 0 Å². The normalized spacial score (nSPS) is 11.7. The number of nitrogen functional groups attached to an aromatic ring is 1. The molecule has 0 spiro atoms. The summed E-state index contributed by atoms with van der Waals surface area (Å²) in [5.41, 5.74) is 4.92. The number of aromatic nitrogens is 3. The standard InChI is InChI=1S/C9H7F3N4/c10-9(11,12)6-3-14-2-1-5(6)8-7(13)4-15-16-8/h1-4H,13H2,(H,15,16). The first-order valence-electron chi connectivity index (χ1n) is 4.30. The van der Waals surface area contributed by atoms with E-state index in [9.17, 15) is 13.2 Å². The lowest BCUT2D eigenvalue weighted by Gasteiger charge is -2.10. The highest BCUT2D eigenvalue weighted by Crippen LogP contribution is 2.37. The molecule has 3 N–H and O–H groups in total. The van der Waals surface area contributed by atoms with Crippen molar-refractivity contribution in [3.63, 3.8) is 0 Å². The van der Waals surface area contributed by atoms with Crippen LogP contribution in [0.2, 0.25) is 0 Å². The summed E-state index contributed by atoms with van der Waals surface area (Å²) in [6, 6.07) is 1.24. The highest BCUT2D eigenvalue weighted by molar-refractivity contribution is 5.74. The van der Waals surface area contributed by atoms with Gasteiger partial charge in [-0.1, -0.05) is 0 Å². The van der Waals surface area contributed by atoms with Crippen LogP contribution in [0.15, 0.2) is 24.7 Å². The molecule has 0 aliphatic carbocycles. The summed E-state index contributed by atoms with van der Waals surface area (Å²) in [6.07, 6.45) is -1.18. The molecule has 2 aromatic rings. The minimum absolute atomic E-state index is 0.0579. The Morgan fingerprint density at radius 3 is 2.56 bits per heavy atom. The van der Waals surface area contributed by atoms with Gasteiger partial charge in [0.15, 0.2) is 0 Å². The Balaban J connectivity index is 2.62. The summed E-state index contributed by atoms with van der Waals surface area (Å²) < 4.78 is 38.0. The van der Waals surface area contributed by atoms with Gasteiger partial charge in [0, 0.05) is 18.0 Å². The third-order valence-electron chi connectivity index (χ3n) is 2.06. The van der Waals surface area contributed by atoms with Crippen molar-refractivity contribution in [1.82, 2.24) is 15.2 Å². The number of hydrogen-bond acceptors (Lipinski definition) is 3. The average molecular weight is 228 g/mol. The average Bonchev–Trinajstić information content (AvgIpc) is 2.63. The molecule has 0 radical (unpaired) electrons. The quantitative estimate of drug-likeness (QED) is 0.785. The van der Waals surface area contributed by atoms with E-state index in [1.807, 2.05) is 0 Å². The molecule has 84 valence electrons. The molecular formula is C9H7F3N4. The first-order valence-corrected chi connectivity index (χ1v) is 4.30. The minimum Gasteiger partial charge on any atom is -0.396 e. The Hall–Kier alpha value is -2.05. The van der Waals surface area contributed by atoms with E-state index in [0.717, 1.165) is 6.20 Å². The molecule has 4 nitrogen and oxygen atoms in total. The van der Waals surface area contributed by atoms with Crippen LogP contribution in [0, 0.1) is 0 Å². The summed E-state index contributed by atoms with van der Waals surface area (Å²) in [7, 11) is 0. The number of nitrogens with one attached hydrogen (secondary N) is 1. The van der Waals surface area contributed by atoms with Crippen molar-refractivity contribution >= 4 is 5.69 Å². The lowest BCUT2D eigenvalue weighted by molar-refractivity contribution is -0.137. The monoisotopic (exact) mass is 228 g/mol. The molecule has 0 atom stereocenters. The van der Waals surface area contributed by atoms with Crippen molar-refractivity contribution in [3.05, 3.63) is 30.2 Å². The summed E-state index contributed by atoms with van der Waals surface area (Å²) in [5, 5.41) is 6.01. The van der Waals surface area contributed by atoms with Crippen LogP contribution in [0.3, 0.4) is 0 Å². The third kappa shape index (κ3) is 1.71. The maximum Gasteiger partial charge on any atom is 0.418 e. The number of hydrogen-bond donors (Lipinski definition) is 2. The number of anilines is 1. The molecule has 2 rings (SSSR count). The van der Waals surface area contributed by atoms with E-state index in [1.54, 1.807) is 0 Å². The van der Waals surface area contributed by atoms with E-state index >= 15 is 0 Å². The molecule has 7 heteroatoms. The Kier molecular flexibility index (Phi) is 2.30. The van der Waals surface area contributed by atoms with Gasteiger partial charge in [-0.05, 0) is 6.07 Å². The second-order valence-electron chi connectivity index (χ2n) is 3.12. The van der Waals surface area contributed by atoms with E-state index in [-0.39, 0.29) is 16.9 Å². The molecule has 0 amide bonds. The molecule has 0 aliphatic rings. The van der Waals surface area contributed by atoms with E-state index in [0.29, 0.717) is 0 Å². The number of aromatic amines is 1. The van der Waals surface area contributed by atoms with Crippen molar-refractivity contribution in [3.8, 4) is 11.3 Å². The van der Waals surface area contributed by atoms with Gasteiger partial charge >= 0.3 is 6.18 Å². The van der Waals surface area contributed by atoms with Crippen molar-refractivity contribution in [1.29, 1.82) is 0 Å². The lowest BCUT2D eigenvalue weighted by atomic mass is 10.1. The van der Waals surface area contributed by atoms with Crippen LogP contribution in [0.1, 0.15) is 5.56 Å². The van der Waals surface area contributed by atoms with Crippen LogP contribution >= 0.6 is 0 Å². The Morgan fingerprint density at radius 2 is 2.00 bits per heavy atom. The second-order valence-corrected chi connectivity index (χ2v) is 3.12. The van der Waals surface area contributed by atoms with Gasteiger partial charge in [-0.2, -0.15) is 18.3 Å². The SMILES string of the molecule is Nc1cn[nH]c1-c1ccncc1C(F)(F)F. The second kappa shape index (κ2) is 3.51. The van der Waals surface area contributed by atoms with Gasteiger partial charge in [0.1, 0.15) is 0 Å². The highest BCUT2D eigenvalue weighted by Gasteiger charge is 2.34. The molecule has 2 aromatic heterocycles. The van der Waals surface area contributed by atoms with Crippen molar-refractivity contribution in [2.24, 2.45) is 0 Å². The van der Waals surface area contributed by atoms with Crippen LogP contribution in [0.5, 0.6) is 0 Å². The lowest BCUT2D eigenvalue weighted by Crippen LogP contribution is -2.08. The van der Waals surface area contributed by atoms with Gasteiger partial charge in [-0.15, -0.1) is 0 Å². The minimum atomic E-state index is -4.47. The zero-order valence-corrected chi connectivity index (χ0v) is 7.92. The van der Waals surface area contributed by atoms with Crippen molar-refractivity contribution in [2.75, 3.05) is 5.73 Å². The predicted molar refractivity (Wildman–Crippen MR) is 51.2 cm³/mol. The molecule has 0 aliphatic heterocycles. The molecule has 16 heavy (non-hydrogen) atoms. The summed E-state index contributed by atoms with van der Waals surface area (Å²) in [6.45, 7) is 0. The van der Waals surface area contributed by atoms with E-state index in [4.69, 9.17) is 5.73 Å². The van der Waals surface area contributed by atoms with Crippen LogP contribution in [-0.2, 0) is 6.18 Å². The highest BCUT2D eigenvalue weighted by atomic mass is 19.4. The van der Waals surface area contributed by atoms with Gasteiger partial charge in [-0.3, -0.25) is 10.1 Å². The maximum atomic E-state index is 12.7.